The molecule has 0 aliphatic carbocycles. The smallest absolute Gasteiger partial charge is 0.286 e. The van der Waals surface area contributed by atoms with Gasteiger partial charge in [-0.25, -0.2) is 0 Å². The molecule has 0 fully saturated rings. The molecule has 1 aromatic heterocycles. The van der Waals surface area contributed by atoms with Crippen molar-refractivity contribution in [2.45, 2.75) is 13.0 Å². The second-order valence-electron chi connectivity index (χ2n) is 6.28. The van der Waals surface area contributed by atoms with Gasteiger partial charge in [-0.3, -0.25) is 14.2 Å². The summed E-state index contributed by atoms with van der Waals surface area (Å²) in [5.74, 6) is -0.0241. The molecule has 7 heteroatoms. The van der Waals surface area contributed by atoms with Crippen LogP contribution in [0.5, 0.6) is 0 Å². The highest BCUT2D eigenvalue weighted by Gasteiger charge is 2.26. The van der Waals surface area contributed by atoms with E-state index in [1.807, 2.05) is 65.6 Å². The van der Waals surface area contributed by atoms with Gasteiger partial charge in [0, 0.05) is 25.3 Å². The summed E-state index contributed by atoms with van der Waals surface area (Å²) < 4.78 is 1.51. The van der Waals surface area contributed by atoms with Gasteiger partial charge in [-0.1, -0.05) is 48.5 Å². The third-order valence-corrected chi connectivity index (χ3v) is 4.54. The summed E-state index contributed by atoms with van der Waals surface area (Å²) in [6.07, 6.45) is 0.689. The molecular weight excluding hydrogens is 342 g/mol. The number of hydrogen-bond donors (Lipinski definition) is 1. The number of para-hydroxylation sites is 1. The zero-order chi connectivity index (χ0) is 18.6. The first-order valence-electron chi connectivity index (χ1n) is 8.86. The summed E-state index contributed by atoms with van der Waals surface area (Å²) in [5, 5.41) is 10.8. The number of benzene rings is 2. The Bertz CT molecular complexity index is 1000. The molecule has 136 valence electrons. The van der Waals surface area contributed by atoms with E-state index in [9.17, 15) is 9.59 Å². The number of rotatable bonds is 5. The van der Waals surface area contributed by atoms with Crippen LogP contribution in [0.2, 0.25) is 0 Å². The van der Waals surface area contributed by atoms with Gasteiger partial charge in [0.15, 0.2) is 0 Å². The monoisotopic (exact) mass is 361 g/mol. The first-order valence-corrected chi connectivity index (χ1v) is 8.86. The van der Waals surface area contributed by atoms with Crippen molar-refractivity contribution in [3.63, 3.8) is 0 Å². The fraction of sp³-hybridized carbons (Fsp3) is 0.200. The minimum Gasteiger partial charge on any atom is -0.350 e. The van der Waals surface area contributed by atoms with Gasteiger partial charge in [0.2, 0.25) is 11.6 Å². The molecule has 0 saturated carbocycles. The standard InChI is InChI=1S/C20H19N5O2/c26-18(21-12-11-15-7-3-1-4-8-15)17-19(27)25-14-13-24(20(25)23-22-17)16-9-5-2-6-10-16/h1-10H,11-14H2,(H,21,26). The Balaban J connectivity index is 1.49. The molecular formula is C20H19N5O2. The van der Waals surface area contributed by atoms with Crippen LogP contribution in [0.3, 0.4) is 0 Å². The van der Waals surface area contributed by atoms with Crippen molar-refractivity contribution in [1.29, 1.82) is 0 Å². The van der Waals surface area contributed by atoms with Crippen molar-refractivity contribution in [3.8, 4) is 0 Å². The molecule has 3 aromatic rings. The van der Waals surface area contributed by atoms with Gasteiger partial charge in [0.25, 0.3) is 11.5 Å². The summed E-state index contributed by atoms with van der Waals surface area (Å²) in [6, 6.07) is 19.5. The van der Waals surface area contributed by atoms with E-state index in [0.29, 0.717) is 32.0 Å². The maximum Gasteiger partial charge on any atom is 0.286 e. The van der Waals surface area contributed by atoms with Crippen LogP contribution >= 0.6 is 0 Å². The largest absolute Gasteiger partial charge is 0.350 e. The number of nitrogens with one attached hydrogen (secondary N) is 1. The van der Waals surface area contributed by atoms with Crippen molar-refractivity contribution in [1.82, 2.24) is 20.1 Å². The molecule has 27 heavy (non-hydrogen) atoms. The zero-order valence-electron chi connectivity index (χ0n) is 14.7. The van der Waals surface area contributed by atoms with Crippen LogP contribution in [0.4, 0.5) is 11.6 Å². The number of amides is 1. The Hall–Kier alpha value is -3.48. The predicted molar refractivity (Wildman–Crippen MR) is 102 cm³/mol. The third kappa shape index (κ3) is 3.44. The highest BCUT2D eigenvalue weighted by atomic mass is 16.2. The summed E-state index contributed by atoms with van der Waals surface area (Å²) in [7, 11) is 0. The molecule has 1 aliphatic rings. The zero-order valence-corrected chi connectivity index (χ0v) is 14.7. The van der Waals surface area contributed by atoms with E-state index in [1.165, 1.54) is 4.57 Å². The van der Waals surface area contributed by atoms with Crippen molar-refractivity contribution >= 4 is 17.5 Å². The average Bonchev–Trinajstić information content (AvgIpc) is 3.15. The first kappa shape index (κ1) is 17.0. The van der Waals surface area contributed by atoms with Crippen LogP contribution in [-0.2, 0) is 13.0 Å². The number of carbonyl (C=O) groups excluding carboxylic acids is 1. The second-order valence-corrected chi connectivity index (χ2v) is 6.28. The van der Waals surface area contributed by atoms with E-state index in [1.54, 1.807) is 0 Å². The SMILES string of the molecule is O=C(NCCc1ccccc1)c1nnc2n(c1=O)CCN2c1ccccc1. The maximum atomic E-state index is 12.7. The second kappa shape index (κ2) is 7.41. The summed E-state index contributed by atoms with van der Waals surface area (Å²) in [4.78, 5) is 27.0. The van der Waals surface area contributed by atoms with Gasteiger partial charge in [0.1, 0.15) is 0 Å². The van der Waals surface area contributed by atoms with Crippen molar-refractivity contribution in [3.05, 3.63) is 82.3 Å². The Morgan fingerprint density at radius 2 is 1.67 bits per heavy atom. The average molecular weight is 361 g/mol. The third-order valence-electron chi connectivity index (χ3n) is 4.54. The fourth-order valence-electron chi connectivity index (χ4n) is 3.16. The van der Waals surface area contributed by atoms with Gasteiger partial charge in [-0.05, 0) is 24.1 Å². The number of nitrogens with zero attached hydrogens (tertiary/aromatic N) is 4. The highest BCUT2D eigenvalue weighted by Crippen LogP contribution is 2.25. The normalized spacial score (nSPS) is 12.7. The van der Waals surface area contributed by atoms with Crippen LogP contribution in [0, 0.1) is 0 Å². The number of fused-ring (bicyclic) bond motifs is 1. The molecule has 0 unspecified atom stereocenters. The lowest BCUT2D eigenvalue weighted by molar-refractivity contribution is 0.0945. The molecule has 0 bridgehead atoms. The van der Waals surface area contributed by atoms with Crippen molar-refractivity contribution in [2.75, 3.05) is 18.0 Å². The fourth-order valence-corrected chi connectivity index (χ4v) is 3.16. The molecule has 1 amide bonds. The van der Waals surface area contributed by atoms with Gasteiger partial charge < -0.3 is 10.2 Å². The van der Waals surface area contributed by atoms with Gasteiger partial charge >= 0.3 is 0 Å². The van der Waals surface area contributed by atoms with Crippen LogP contribution in [0.25, 0.3) is 0 Å². The molecule has 0 atom stereocenters. The summed E-state index contributed by atoms with van der Waals surface area (Å²) >= 11 is 0. The Kier molecular flexibility index (Phi) is 4.65. The van der Waals surface area contributed by atoms with Gasteiger partial charge in [-0.2, -0.15) is 0 Å². The van der Waals surface area contributed by atoms with Crippen LogP contribution in [0.1, 0.15) is 16.1 Å². The van der Waals surface area contributed by atoms with Crippen LogP contribution in [0.15, 0.2) is 65.5 Å². The Morgan fingerprint density at radius 3 is 2.41 bits per heavy atom. The van der Waals surface area contributed by atoms with Crippen molar-refractivity contribution in [2.24, 2.45) is 0 Å². The van der Waals surface area contributed by atoms with Gasteiger partial charge in [-0.15, -0.1) is 10.2 Å². The van der Waals surface area contributed by atoms with E-state index < -0.39 is 11.5 Å². The molecule has 7 nitrogen and oxygen atoms in total. The molecule has 1 aliphatic heterocycles. The van der Waals surface area contributed by atoms with E-state index >= 15 is 0 Å². The van der Waals surface area contributed by atoms with Crippen LogP contribution in [-0.4, -0.2) is 33.8 Å². The maximum absolute atomic E-state index is 12.7. The van der Waals surface area contributed by atoms with E-state index in [0.717, 1.165) is 11.3 Å². The summed E-state index contributed by atoms with van der Waals surface area (Å²) in [6.45, 7) is 1.53. The lowest BCUT2D eigenvalue weighted by atomic mass is 10.1. The quantitative estimate of drug-likeness (QED) is 0.749. The molecule has 0 radical (unpaired) electrons. The molecule has 4 rings (SSSR count). The summed E-state index contributed by atoms with van der Waals surface area (Å²) in [5.41, 5.74) is 1.49. The predicted octanol–water partition coefficient (Wildman–Crippen LogP) is 1.76. The molecule has 0 spiro atoms. The Morgan fingerprint density at radius 1 is 0.963 bits per heavy atom. The van der Waals surface area contributed by atoms with Crippen molar-refractivity contribution < 1.29 is 4.79 Å². The van der Waals surface area contributed by atoms with E-state index in [4.69, 9.17) is 0 Å². The molecule has 0 saturated heterocycles. The van der Waals surface area contributed by atoms with Crippen LogP contribution < -0.4 is 15.8 Å². The lowest BCUT2D eigenvalue weighted by Crippen LogP contribution is -2.35. The number of aromatic nitrogens is 3. The minimum atomic E-state index is -0.489. The number of anilines is 2. The molecule has 1 N–H and O–H groups in total. The highest BCUT2D eigenvalue weighted by molar-refractivity contribution is 5.91. The topological polar surface area (TPSA) is 80.1 Å². The minimum absolute atomic E-state index is 0.165. The van der Waals surface area contributed by atoms with Gasteiger partial charge in [0.05, 0.1) is 0 Å². The lowest BCUT2D eigenvalue weighted by Gasteiger charge is -2.16. The number of carbonyl (C=O) groups is 1. The first-order chi connectivity index (χ1) is 13.2. The number of hydrogen-bond acceptors (Lipinski definition) is 5. The Labute approximate surface area is 156 Å². The molecule has 2 aromatic carbocycles. The van der Waals surface area contributed by atoms with E-state index in [-0.39, 0.29) is 5.69 Å². The van der Waals surface area contributed by atoms with E-state index in [2.05, 4.69) is 15.5 Å². The molecule has 2 heterocycles.